The number of thiophene rings is 1. The van der Waals surface area contributed by atoms with Gasteiger partial charge in [-0.15, -0.1) is 11.3 Å². The molecule has 0 aliphatic carbocycles. The van der Waals surface area contributed by atoms with Gasteiger partial charge in [-0.25, -0.2) is 0 Å². The standard InChI is InChI=1S/C12H19NOS/c1-4-12(2,14-3)11-10-9(5-7-13-11)6-8-15-10/h6,8,11,13H,4-5,7H2,1-3H3. The highest BCUT2D eigenvalue weighted by Crippen LogP contribution is 2.38. The monoisotopic (exact) mass is 225 g/mol. The maximum Gasteiger partial charge on any atom is 0.0850 e. The van der Waals surface area contributed by atoms with Crippen molar-refractivity contribution in [2.24, 2.45) is 0 Å². The van der Waals surface area contributed by atoms with Gasteiger partial charge in [-0.1, -0.05) is 6.92 Å². The Hall–Kier alpha value is -0.380. The van der Waals surface area contributed by atoms with E-state index in [1.54, 1.807) is 0 Å². The molecular weight excluding hydrogens is 206 g/mol. The Balaban J connectivity index is 2.33. The average molecular weight is 225 g/mol. The molecule has 2 rings (SSSR count). The number of rotatable bonds is 3. The van der Waals surface area contributed by atoms with Crippen molar-refractivity contribution < 1.29 is 4.74 Å². The third-order valence-corrected chi connectivity index (χ3v) is 4.59. The molecule has 1 N–H and O–H groups in total. The van der Waals surface area contributed by atoms with Crippen LogP contribution in [0.15, 0.2) is 11.4 Å². The number of ether oxygens (including phenoxy) is 1. The summed E-state index contributed by atoms with van der Waals surface area (Å²) in [6, 6.07) is 2.61. The first kappa shape index (κ1) is 11.1. The second kappa shape index (κ2) is 4.24. The summed E-state index contributed by atoms with van der Waals surface area (Å²) in [5, 5.41) is 5.78. The molecule has 1 aromatic rings. The van der Waals surface area contributed by atoms with E-state index in [1.165, 1.54) is 10.4 Å². The number of methoxy groups -OCH3 is 1. The molecule has 0 fully saturated rings. The average Bonchev–Trinajstić information content (AvgIpc) is 2.75. The van der Waals surface area contributed by atoms with Gasteiger partial charge >= 0.3 is 0 Å². The Bertz CT molecular complexity index is 330. The second-order valence-electron chi connectivity index (χ2n) is 4.32. The molecule has 0 saturated carbocycles. The zero-order valence-corrected chi connectivity index (χ0v) is 10.5. The molecule has 2 atom stereocenters. The Kier molecular flexibility index (Phi) is 3.14. The van der Waals surface area contributed by atoms with Crippen molar-refractivity contribution >= 4 is 11.3 Å². The van der Waals surface area contributed by atoms with Crippen molar-refractivity contribution in [2.45, 2.75) is 38.3 Å². The molecule has 0 saturated heterocycles. The van der Waals surface area contributed by atoms with Gasteiger partial charge in [-0.2, -0.15) is 0 Å². The summed E-state index contributed by atoms with van der Waals surface area (Å²) < 4.78 is 5.70. The molecule has 84 valence electrons. The lowest BCUT2D eigenvalue weighted by molar-refractivity contribution is -0.0305. The van der Waals surface area contributed by atoms with Crippen LogP contribution < -0.4 is 5.32 Å². The summed E-state index contributed by atoms with van der Waals surface area (Å²) in [5.74, 6) is 0. The summed E-state index contributed by atoms with van der Waals surface area (Å²) in [6.07, 6.45) is 2.18. The van der Waals surface area contributed by atoms with Crippen LogP contribution in [0.2, 0.25) is 0 Å². The fourth-order valence-electron chi connectivity index (χ4n) is 2.21. The lowest BCUT2D eigenvalue weighted by atomic mass is 9.88. The number of fused-ring (bicyclic) bond motifs is 1. The predicted octanol–water partition coefficient (Wildman–Crippen LogP) is 2.75. The van der Waals surface area contributed by atoms with Crippen LogP contribution in [0.4, 0.5) is 0 Å². The molecule has 15 heavy (non-hydrogen) atoms. The maximum absolute atomic E-state index is 5.70. The predicted molar refractivity (Wildman–Crippen MR) is 64.5 cm³/mol. The van der Waals surface area contributed by atoms with Crippen molar-refractivity contribution in [3.8, 4) is 0 Å². The van der Waals surface area contributed by atoms with E-state index in [-0.39, 0.29) is 5.60 Å². The van der Waals surface area contributed by atoms with Gasteiger partial charge in [0.25, 0.3) is 0 Å². The minimum absolute atomic E-state index is 0.0833. The Labute approximate surface area is 95.6 Å². The van der Waals surface area contributed by atoms with E-state index in [9.17, 15) is 0 Å². The normalized spacial score (nSPS) is 24.6. The molecule has 0 radical (unpaired) electrons. The summed E-state index contributed by atoms with van der Waals surface area (Å²) >= 11 is 1.85. The van der Waals surface area contributed by atoms with E-state index in [4.69, 9.17) is 4.74 Å². The zero-order valence-electron chi connectivity index (χ0n) is 9.67. The molecule has 1 aliphatic heterocycles. The van der Waals surface area contributed by atoms with E-state index < -0.39 is 0 Å². The molecule has 0 bridgehead atoms. The number of hydrogen-bond acceptors (Lipinski definition) is 3. The van der Waals surface area contributed by atoms with Crippen LogP contribution in [0.5, 0.6) is 0 Å². The van der Waals surface area contributed by atoms with Gasteiger partial charge in [0, 0.05) is 12.0 Å². The minimum Gasteiger partial charge on any atom is -0.377 e. The van der Waals surface area contributed by atoms with E-state index in [0.717, 1.165) is 19.4 Å². The topological polar surface area (TPSA) is 21.3 Å². The van der Waals surface area contributed by atoms with Gasteiger partial charge in [0.1, 0.15) is 0 Å². The van der Waals surface area contributed by atoms with Crippen LogP contribution in [0.3, 0.4) is 0 Å². The molecule has 1 aliphatic rings. The van der Waals surface area contributed by atoms with Gasteiger partial charge in [-0.3, -0.25) is 0 Å². The smallest absolute Gasteiger partial charge is 0.0850 e. The quantitative estimate of drug-likeness (QED) is 0.854. The van der Waals surface area contributed by atoms with Crippen molar-refractivity contribution in [3.05, 3.63) is 21.9 Å². The van der Waals surface area contributed by atoms with E-state index in [2.05, 4.69) is 30.6 Å². The van der Waals surface area contributed by atoms with Crippen LogP contribution in [0.1, 0.15) is 36.8 Å². The number of hydrogen-bond donors (Lipinski definition) is 1. The molecule has 0 spiro atoms. The van der Waals surface area contributed by atoms with Crippen LogP contribution in [0, 0.1) is 0 Å². The van der Waals surface area contributed by atoms with E-state index >= 15 is 0 Å². The first-order valence-corrected chi connectivity index (χ1v) is 6.44. The molecule has 2 nitrogen and oxygen atoms in total. The zero-order chi connectivity index (χ0) is 10.9. The van der Waals surface area contributed by atoms with Gasteiger partial charge in [0.05, 0.1) is 11.6 Å². The lowest BCUT2D eigenvalue weighted by Gasteiger charge is -2.38. The third kappa shape index (κ3) is 1.84. The fraction of sp³-hybridized carbons (Fsp3) is 0.667. The summed E-state index contributed by atoms with van der Waals surface area (Å²) in [7, 11) is 1.81. The highest BCUT2D eigenvalue weighted by Gasteiger charge is 2.37. The highest BCUT2D eigenvalue weighted by molar-refractivity contribution is 7.10. The first-order chi connectivity index (χ1) is 7.21. The van der Waals surface area contributed by atoms with Gasteiger partial charge in [0.15, 0.2) is 0 Å². The summed E-state index contributed by atoms with van der Waals surface area (Å²) in [4.78, 5) is 1.47. The van der Waals surface area contributed by atoms with Crippen LogP contribution in [-0.4, -0.2) is 19.3 Å². The molecule has 0 aromatic carbocycles. The maximum atomic E-state index is 5.70. The van der Waals surface area contributed by atoms with E-state index in [0.29, 0.717) is 6.04 Å². The van der Waals surface area contributed by atoms with Crippen LogP contribution in [-0.2, 0) is 11.2 Å². The minimum atomic E-state index is -0.0833. The van der Waals surface area contributed by atoms with Gasteiger partial charge < -0.3 is 10.1 Å². The van der Waals surface area contributed by atoms with Crippen molar-refractivity contribution in [1.82, 2.24) is 5.32 Å². The molecule has 2 unspecified atom stereocenters. The SMILES string of the molecule is CCC(C)(OC)C1NCCc2ccsc21. The van der Waals surface area contributed by atoms with Crippen molar-refractivity contribution in [2.75, 3.05) is 13.7 Å². The summed E-state index contributed by atoms with van der Waals surface area (Å²) in [6.45, 7) is 5.44. The van der Waals surface area contributed by atoms with Gasteiger partial charge in [-0.05, 0) is 43.3 Å². The molecule has 2 heterocycles. The first-order valence-electron chi connectivity index (χ1n) is 5.56. The lowest BCUT2D eigenvalue weighted by Crippen LogP contribution is -2.45. The van der Waals surface area contributed by atoms with Crippen molar-refractivity contribution in [3.63, 3.8) is 0 Å². The highest BCUT2D eigenvalue weighted by atomic mass is 32.1. The molecule has 1 aromatic heterocycles. The van der Waals surface area contributed by atoms with Gasteiger partial charge in [0.2, 0.25) is 0 Å². The summed E-state index contributed by atoms with van der Waals surface area (Å²) in [5.41, 5.74) is 1.42. The Morgan fingerprint density at radius 1 is 1.67 bits per heavy atom. The fourth-order valence-corrected chi connectivity index (χ4v) is 3.38. The Morgan fingerprint density at radius 3 is 3.13 bits per heavy atom. The molecule has 3 heteroatoms. The Morgan fingerprint density at radius 2 is 2.47 bits per heavy atom. The van der Waals surface area contributed by atoms with Crippen LogP contribution >= 0.6 is 11.3 Å². The second-order valence-corrected chi connectivity index (χ2v) is 5.27. The van der Waals surface area contributed by atoms with E-state index in [1.807, 2.05) is 18.4 Å². The molecule has 0 amide bonds. The molecular formula is C12H19NOS. The van der Waals surface area contributed by atoms with Crippen LogP contribution in [0.25, 0.3) is 0 Å². The van der Waals surface area contributed by atoms with Crippen molar-refractivity contribution in [1.29, 1.82) is 0 Å². The largest absolute Gasteiger partial charge is 0.377 e. The number of nitrogens with one attached hydrogen (secondary N) is 1. The third-order valence-electron chi connectivity index (χ3n) is 3.56.